The molecule has 0 aromatic heterocycles. The van der Waals surface area contributed by atoms with E-state index in [1.807, 2.05) is 19.2 Å². The molecular formula is C21H34FIN4. The lowest BCUT2D eigenvalue weighted by Crippen LogP contribution is -2.50. The number of nitrogens with zero attached hydrogens (tertiary/aromatic N) is 2. The third-order valence-electron chi connectivity index (χ3n) is 5.96. The van der Waals surface area contributed by atoms with Gasteiger partial charge in [-0.15, -0.1) is 24.0 Å². The Hall–Kier alpha value is -0.890. The Balaban J connectivity index is 0.00000261. The van der Waals surface area contributed by atoms with E-state index in [1.54, 1.807) is 12.1 Å². The van der Waals surface area contributed by atoms with Crippen LogP contribution in [-0.4, -0.2) is 43.6 Å². The van der Waals surface area contributed by atoms with Crippen LogP contribution in [0.4, 0.5) is 4.39 Å². The van der Waals surface area contributed by atoms with E-state index in [-0.39, 0.29) is 29.8 Å². The predicted octanol–water partition coefficient (Wildman–Crippen LogP) is 4.15. The molecule has 1 saturated heterocycles. The van der Waals surface area contributed by atoms with Gasteiger partial charge in [-0.1, -0.05) is 31.9 Å². The molecule has 1 aromatic carbocycles. The zero-order chi connectivity index (χ0) is 18.4. The zero-order valence-electron chi connectivity index (χ0n) is 16.6. The maximum absolute atomic E-state index is 13.0. The number of aliphatic imine (C=N–C) groups is 1. The number of piperidine rings is 1. The van der Waals surface area contributed by atoms with Gasteiger partial charge in [0.25, 0.3) is 0 Å². The van der Waals surface area contributed by atoms with Crippen LogP contribution in [0.1, 0.15) is 51.0 Å². The van der Waals surface area contributed by atoms with Gasteiger partial charge in [0, 0.05) is 39.3 Å². The molecule has 3 rings (SSSR count). The second kappa shape index (κ2) is 10.6. The topological polar surface area (TPSA) is 39.7 Å². The molecule has 1 heterocycles. The molecule has 2 N–H and O–H groups in total. The van der Waals surface area contributed by atoms with E-state index in [0.717, 1.165) is 45.0 Å². The summed E-state index contributed by atoms with van der Waals surface area (Å²) in [4.78, 5) is 6.86. The minimum Gasteiger partial charge on any atom is -0.356 e. The van der Waals surface area contributed by atoms with E-state index >= 15 is 0 Å². The molecule has 0 atom stereocenters. The van der Waals surface area contributed by atoms with Crippen LogP contribution in [0.5, 0.6) is 0 Å². The van der Waals surface area contributed by atoms with Crippen molar-refractivity contribution >= 4 is 29.9 Å². The Morgan fingerprint density at radius 1 is 1.19 bits per heavy atom. The summed E-state index contributed by atoms with van der Waals surface area (Å²) in [6.07, 6.45) is 7.57. The van der Waals surface area contributed by atoms with Gasteiger partial charge in [0.15, 0.2) is 5.96 Å². The van der Waals surface area contributed by atoms with Crippen LogP contribution in [-0.2, 0) is 6.54 Å². The minimum absolute atomic E-state index is 0. The van der Waals surface area contributed by atoms with Crippen molar-refractivity contribution in [2.45, 2.75) is 58.0 Å². The summed E-state index contributed by atoms with van der Waals surface area (Å²) in [5.74, 6) is 0.775. The first-order chi connectivity index (χ1) is 12.6. The summed E-state index contributed by atoms with van der Waals surface area (Å²) in [7, 11) is 1.86. The van der Waals surface area contributed by atoms with Crippen LogP contribution in [0.3, 0.4) is 0 Å². The molecule has 1 aliphatic carbocycles. The molecule has 27 heavy (non-hydrogen) atoms. The number of hydrogen-bond acceptors (Lipinski definition) is 2. The van der Waals surface area contributed by atoms with Crippen molar-refractivity contribution in [2.75, 3.05) is 26.7 Å². The number of halogens is 2. The van der Waals surface area contributed by atoms with Crippen LogP contribution < -0.4 is 10.6 Å². The van der Waals surface area contributed by atoms with Crippen LogP contribution in [0, 0.1) is 11.2 Å². The smallest absolute Gasteiger partial charge is 0.191 e. The molecule has 0 unspecified atom stereocenters. The van der Waals surface area contributed by atoms with Crippen molar-refractivity contribution in [3.63, 3.8) is 0 Å². The van der Waals surface area contributed by atoms with Gasteiger partial charge >= 0.3 is 0 Å². The fourth-order valence-electron chi connectivity index (χ4n) is 4.17. The van der Waals surface area contributed by atoms with Crippen LogP contribution >= 0.6 is 24.0 Å². The molecule has 1 saturated carbocycles. The highest BCUT2D eigenvalue weighted by Crippen LogP contribution is 2.36. The highest BCUT2D eigenvalue weighted by Gasteiger charge is 2.29. The Morgan fingerprint density at radius 2 is 1.81 bits per heavy atom. The molecule has 4 nitrogen and oxygen atoms in total. The molecule has 0 spiro atoms. The van der Waals surface area contributed by atoms with E-state index < -0.39 is 0 Å². The first-order valence-corrected chi connectivity index (χ1v) is 10.0. The number of hydrogen-bond donors (Lipinski definition) is 2. The third-order valence-corrected chi connectivity index (χ3v) is 5.96. The Bertz CT molecular complexity index is 591. The van der Waals surface area contributed by atoms with Gasteiger partial charge in [0.05, 0.1) is 0 Å². The monoisotopic (exact) mass is 488 g/mol. The fraction of sp³-hybridized carbons (Fsp3) is 0.667. The second-order valence-electron chi connectivity index (χ2n) is 8.26. The van der Waals surface area contributed by atoms with Crippen molar-refractivity contribution < 1.29 is 4.39 Å². The predicted molar refractivity (Wildman–Crippen MR) is 121 cm³/mol. The second-order valence-corrected chi connectivity index (χ2v) is 8.26. The summed E-state index contributed by atoms with van der Waals surface area (Å²) in [6.45, 7) is 6.41. The number of rotatable bonds is 5. The van der Waals surface area contributed by atoms with Gasteiger partial charge < -0.3 is 10.6 Å². The zero-order valence-corrected chi connectivity index (χ0v) is 19.0. The molecule has 0 amide bonds. The Kier molecular flexibility index (Phi) is 8.79. The molecule has 2 aliphatic rings. The van der Waals surface area contributed by atoms with Gasteiger partial charge in [-0.05, 0) is 48.8 Å². The maximum atomic E-state index is 13.0. The van der Waals surface area contributed by atoms with Crippen molar-refractivity contribution in [2.24, 2.45) is 10.4 Å². The summed E-state index contributed by atoms with van der Waals surface area (Å²) in [6, 6.07) is 7.33. The highest BCUT2D eigenvalue weighted by molar-refractivity contribution is 14.0. The first kappa shape index (κ1) is 22.4. The normalized spacial score (nSPS) is 20.9. The average molecular weight is 488 g/mol. The molecule has 1 aromatic rings. The number of nitrogens with one attached hydrogen (secondary N) is 2. The van der Waals surface area contributed by atoms with E-state index in [1.165, 1.54) is 31.2 Å². The lowest BCUT2D eigenvalue weighted by atomic mass is 9.89. The summed E-state index contributed by atoms with van der Waals surface area (Å²) in [5.41, 5.74) is 1.61. The minimum atomic E-state index is -0.165. The van der Waals surface area contributed by atoms with Crippen molar-refractivity contribution in [1.82, 2.24) is 15.5 Å². The molecule has 6 heteroatoms. The van der Waals surface area contributed by atoms with Gasteiger partial charge in [0.1, 0.15) is 5.82 Å². The third kappa shape index (κ3) is 6.89. The van der Waals surface area contributed by atoms with Crippen molar-refractivity contribution in [3.8, 4) is 0 Å². The molecular weight excluding hydrogens is 454 g/mol. The quantitative estimate of drug-likeness (QED) is 0.372. The molecule has 152 valence electrons. The average Bonchev–Trinajstić information content (AvgIpc) is 3.09. The van der Waals surface area contributed by atoms with Crippen LogP contribution in [0.25, 0.3) is 0 Å². The van der Waals surface area contributed by atoms with Gasteiger partial charge in [0.2, 0.25) is 0 Å². The van der Waals surface area contributed by atoms with Crippen molar-refractivity contribution in [1.29, 1.82) is 0 Å². The van der Waals surface area contributed by atoms with Crippen molar-refractivity contribution in [3.05, 3.63) is 35.6 Å². The summed E-state index contributed by atoms with van der Waals surface area (Å²) in [5, 5.41) is 7.15. The van der Waals surface area contributed by atoms with Crippen LogP contribution in [0.15, 0.2) is 29.3 Å². The van der Waals surface area contributed by atoms with Gasteiger partial charge in [-0.3, -0.25) is 9.89 Å². The van der Waals surface area contributed by atoms with Crippen LogP contribution in [0.2, 0.25) is 0 Å². The maximum Gasteiger partial charge on any atom is 0.191 e. The van der Waals surface area contributed by atoms with Gasteiger partial charge in [-0.2, -0.15) is 0 Å². The highest BCUT2D eigenvalue weighted by atomic mass is 127. The van der Waals surface area contributed by atoms with Gasteiger partial charge in [-0.25, -0.2) is 4.39 Å². The molecule has 2 fully saturated rings. The number of guanidine groups is 1. The Morgan fingerprint density at radius 3 is 2.41 bits per heavy atom. The van der Waals surface area contributed by atoms with E-state index in [4.69, 9.17) is 0 Å². The summed E-state index contributed by atoms with van der Waals surface area (Å²) < 4.78 is 13.0. The largest absolute Gasteiger partial charge is 0.356 e. The lowest BCUT2D eigenvalue weighted by molar-refractivity contribution is 0.198. The number of benzene rings is 1. The van der Waals surface area contributed by atoms with E-state index in [2.05, 4.69) is 27.4 Å². The SMILES string of the molecule is CN=C(NCC1(C)CCCC1)NC1CCN(Cc2ccc(F)cc2)CC1.I. The standard InChI is InChI=1S/C21H33FN4.HI/c1-21(11-3-4-12-21)16-24-20(23-2)25-19-9-13-26(14-10-19)15-17-5-7-18(22)8-6-17;/h5-8,19H,3-4,9-16H2,1-2H3,(H2,23,24,25);1H. The van der Waals surface area contributed by atoms with E-state index in [0.29, 0.717) is 11.5 Å². The molecule has 0 radical (unpaired) electrons. The number of likely N-dealkylation sites (tertiary alicyclic amines) is 1. The molecule has 0 bridgehead atoms. The molecule has 1 aliphatic heterocycles. The van der Waals surface area contributed by atoms with E-state index in [9.17, 15) is 4.39 Å². The fourth-order valence-corrected chi connectivity index (χ4v) is 4.17. The summed E-state index contributed by atoms with van der Waals surface area (Å²) >= 11 is 0. The lowest BCUT2D eigenvalue weighted by Gasteiger charge is -2.33. The first-order valence-electron chi connectivity index (χ1n) is 10.0. The Labute approximate surface area is 180 Å².